The number of carbonyl (C=O) groups excluding carboxylic acids is 1. The van der Waals surface area contributed by atoms with Crippen LogP contribution in [-0.4, -0.2) is 21.0 Å². The van der Waals surface area contributed by atoms with Gasteiger partial charge in [0.1, 0.15) is 0 Å². The van der Waals surface area contributed by atoms with Crippen LogP contribution in [0.3, 0.4) is 0 Å². The average Bonchev–Trinajstić information content (AvgIpc) is 3.04. The molecule has 3 aromatic rings. The van der Waals surface area contributed by atoms with E-state index in [0.29, 0.717) is 27.2 Å². The van der Waals surface area contributed by atoms with Gasteiger partial charge in [-0.25, -0.2) is 4.98 Å². The number of nitrogens with zero attached hydrogens (tertiary/aromatic N) is 2. The van der Waals surface area contributed by atoms with Gasteiger partial charge in [-0.15, -0.1) is 23.1 Å². The zero-order valence-corrected chi connectivity index (χ0v) is 15.8. The maximum atomic E-state index is 12.1. The Hall–Kier alpha value is -1.83. The zero-order chi connectivity index (χ0) is 17.8. The highest BCUT2D eigenvalue weighted by atomic mass is 35.5. The summed E-state index contributed by atoms with van der Waals surface area (Å²) >= 11 is 8.98. The van der Waals surface area contributed by atoms with Gasteiger partial charge < -0.3 is 5.32 Å². The number of carbonyl (C=O) groups is 1. The number of aromatic nitrogens is 2. The summed E-state index contributed by atoms with van der Waals surface area (Å²) in [5.74, 6) is 0.726. The molecule has 1 amide bonds. The summed E-state index contributed by atoms with van der Waals surface area (Å²) in [4.78, 5) is 29.1. The topological polar surface area (TPSA) is 63.5 Å². The van der Waals surface area contributed by atoms with Crippen LogP contribution in [0, 0.1) is 0 Å². The molecule has 130 valence electrons. The number of thiazole rings is 1. The standard InChI is InChI=1S/C17H16ClN3O2S2/c1-11(13-4-2-3-5-14(13)18)19-15(22)10-24-9-12-8-16(23)21-6-7-25-17(21)20-12/h2-8,11H,9-10H2,1H3,(H,19,22). The summed E-state index contributed by atoms with van der Waals surface area (Å²) in [5, 5.41) is 5.39. The van der Waals surface area contributed by atoms with Crippen molar-refractivity contribution in [3.05, 3.63) is 68.5 Å². The number of benzene rings is 1. The zero-order valence-electron chi connectivity index (χ0n) is 13.4. The van der Waals surface area contributed by atoms with Crippen LogP contribution in [0.15, 0.2) is 46.7 Å². The first kappa shape index (κ1) is 18.0. The molecule has 3 rings (SSSR count). The van der Waals surface area contributed by atoms with E-state index in [0.717, 1.165) is 5.56 Å². The summed E-state index contributed by atoms with van der Waals surface area (Å²) in [6.07, 6.45) is 1.70. The van der Waals surface area contributed by atoms with Crippen LogP contribution in [0.1, 0.15) is 24.2 Å². The Kier molecular flexibility index (Phi) is 5.78. The molecule has 0 bridgehead atoms. The van der Waals surface area contributed by atoms with Crippen LogP contribution in [0.4, 0.5) is 0 Å². The molecular weight excluding hydrogens is 378 g/mol. The van der Waals surface area contributed by atoms with Crippen molar-refractivity contribution in [3.8, 4) is 0 Å². The second kappa shape index (κ2) is 8.03. The minimum Gasteiger partial charge on any atom is -0.349 e. The van der Waals surface area contributed by atoms with Gasteiger partial charge in [0.15, 0.2) is 4.96 Å². The number of rotatable bonds is 6. The van der Waals surface area contributed by atoms with Crippen molar-refractivity contribution in [2.24, 2.45) is 0 Å². The van der Waals surface area contributed by atoms with E-state index in [2.05, 4.69) is 10.3 Å². The Bertz CT molecular complexity index is 954. The number of thioether (sulfide) groups is 1. The number of amides is 1. The third kappa shape index (κ3) is 4.42. The molecule has 0 saturated carbocycles. The van der Waals surface area contributed by atoms with Gasteiger partial charge in [-0.3, -0.25) is 14.0 Å². The molecule has 0 spiro atoms. The molecule has 25 heavy (non-hydrogen) atoms. The van der Waals surface area contributed by atoms with Gasteiger partial charge in [0, 0.05) is 28.4 Å². The first-order valence-electron chi connectivity index (χ1n) is 7.62. The minimum atomic E-state index is -0.160. The molecule has 1 unspecified atom stereocenters. The van der Waals surface area contributed by atoms with Gasteiger partial charge >= 0.3 is 0 Å². The van der Waals surface area contributed by atoms with Crippen LogP contribution >= 0.6 is 34.7 Å². The quantitative estimate of drug-likeness (QED) is 0.696. The highest BCUT2D eigenvalue weighted by Crippen LogP contribution is 2.22. The normalized spacial score (nSPS) is 12.2. The molecule has 2 heterocycles. The molecule has 0 aliphatic carbocycles. The lowest BCUT2D eigenvalue weighted by atomic mass is 10.1. The van der Waals surface area contributed by atoms with E-state index in [9.17, 15) is 9.59 Å². The first-order valence-corrected chi connectivity index (χ1v) is 10.0. The molecule has 0 fully saturated rings. The highest BCUT2D eigenvalue weighted by molar-refractivity contribution is 7.99. The Morgan fingerprint density at radius 1 is 1.44 bits per heavy atom. The molecule has 8 heteroatoms. The molecular formula is C17H16ClN3O2S2. The fraction of sp³-hybridized carbons (Fsp3) is 0.235. The van der Waals surface area contributed by atoms with Gasteiger partial charge in [0.25, 0.3) is 5.56 Å². The number of hydrogen-bond donors (Lipinski definition) is 1. The molecule has 0 aliphatic rings. The van der Waals surface area contributed by atoms with Gasteiger partial charge in [0.2, 0.25) is 5.91 Å². The Balaban J connectivity index is 1.53. The van der Waals surface area contributed by atoms with Crippen molar-refractivity contribution in [3.63, 3.8) is 0 Å². The van der Waals surface area contributed by atoms with Crippen molar-refractivity contribution >= 4 is 45.6 Å². The fourth-order valence-corrected chi connectivity index (χ4v) is 4.16. The SMILES string of the molecule is CC(NC(=O)CSCc1cc(=O)n2ccsc2n1)c1ccccc1Cl. The molecule has 1 aromatic carbocycles. The lowest BCUT2D eigenvalue weighted by Crippen LogP contribution is -2.28. The molecule has 1 N–H and O–H groups in total. The van der Waals surface area contributed by atoms with Crippen LogP contribution in [0.5, 0.6) is 0 Å². The van der Waals surface area contributed by atoms with E-state index >= 15 is 0 Å². The van der Waals surface area contributed by atoms with Crippen molar-refractivity contribution < 1.29 is 4.79 Å². The maximum absolute atomic E-state index is 12.1. The van der Waals surface area contributed by atoms with Crippen molar-refractivity contribution in [2.75, 3.05) is 5.75 Å². The Labute approximate surface area is 158 Å². The van der Waals surface area contributed by atoms with Gasteiger partial charge in [-0.2, -0.15) is 0 Å². The van der Waals surface area contributed by atoms with E-state index in [1.54, 1.807) is 12.3 Å². The summed E-state index contributed by atoms with van der Waals surface area (Å²) in [7, 11) is 0. The highest BCUT2D eigenvalue weighted by Gasteiger charge is 2.12. The molecule has 2 aromatic heterocycles. The summed E-state index contributed by atoms with van der Waals surface area (Å²) in [6.45, 7) is 1.90. The number of fused-ring (bicyclic) bond motifs is 1. The van der Waals surface area contributed by atoms with Crippen LogP contribution < -0.4 is 10.9 Å². The van der Waals surface area contributed by atoms with Crippen molar-refractivity contribution in [1.82, 2.24) is 14.7 Å². The van der Waals surface area contributed by atoms with E-state index in [4.69, 9.17) is 11.6 Å². The van der Waals surface area contributed by atoms with Crippen molar-refractivity contribution in [1.29, 1.82) is 0 Å². The first-order chi connectivity index (χ1) is 12.0. The van der Waals surface area contributed by atoms with Crippen LogP contribution in [0.2, 0.25) is 5.02 Å². The Morgan fingerprint density at radius 2 is 2.24 bits per heavy atom. The molecule has 1 atom stereocenters. The summed E-state index contributed by atoms with van der Waals surface area (Å²) in [6, 6.07) is 8.80. The lowest BCUT2D eigenvalue weighted by Gasteiger charge is -2.15. The molecule has 0 aliphatic heterocycles. The Morgan fingerprint density at radius 3 is 3.04 bits per heavy atom. The fourth-order valence-electron chi connectivity index (χ4n) is 2.40. The van der Waals surface area contributed by atoms with Crippen molar-refractivity contribution in [2.45, 2.75) is 18.7 Å². The molecule has 0 saturated heterocycles. The van der Waals surface area contributed by atoms with Gasteiger partial charge in [0.05, 0.1) is 17.5 Å². The smallest absolute Gasteiger partial charge is 0.258 e. The van der Waals surface area contributed by atoms with Crippen LogP contribution in [-0.2, 0) is 10.5 Å². The minimum absolute atomic E-state index is 0.0775. The van der Waals surface area contributed by atoms with E-state index in [1.165, 1.54) is 33.6 Å². The lowest BCUT2D eigenvalue weighted by molar-refractivity contribution is -0.119. The van der Waals surface area contributed by atoms with E-state index in [-0.39, 0.29) is 17.5 Å². The summed E-state index contributed by atoms with van der Waals surface area (Å²) < 4.78 is 1.51. The third-order valence-electron chi connectivity index (χ3n) is 3.59. The largest absolute Gasteiger partial charge is 0.349 e. The second-order valence-corrected chi connectivity index (χ2v) is 7.71. The molecule has 5 nitrogen and oxygen atoms in total. The average molecular weight is 394 g/mol. The monoisotopic (exact) mass is 393 g/mol. The number of hydrogen-bond acceptors (Lipinski definition) is 5. The maximum Gasteiger partial charge on any atom is 0.258 e. The third-order valence-corrected chi connectivity index (χ3v) is 5.66. The summed E-state index contributed by atoms with van der Waals surface area (Å²) in [5.41, 5.74) is 1.48. The van der Waals surface area contributed by atoms with E-state index < -0.39 is 0 Å². The van der Waals surface area contributed by atoms with Gasteiger partial charge in [-0.05, 0) is 18.6 Å². The predicted octanol–water partition coefficient (Wildman–Crippen LogP) is 3.52. The molecule has 0 radical (unpaired) electrons. The number of nitrogens with one attached hydrogen (secondary N) is 1. The van der Waals surface area contributed by atoms with Crippen LogP contribution in [0.25, 0.3) is 4.96 Å². The van der Waals surface area contributed by atoms with E-state index in [1.807, 2.05) is 30.5 Å². The predicted molar refractivity (Wildman–Crippen MR) is 104 cm³/mol. The second-order valence-electron chi connectivity index (χ2n) is 5.44. The van der Waals surface area contributed by atoms with Gasteiger partial charge in [-0.1, -0.05) is 29.8 Å². The number of halogens is 1.